The SMILES string of the molecule is COc1ccccc1CC(=O)Nc1ccc(NS(=O)(=O)c2ccc(F)c(F)c2)cc1. The summed E-state index contributed by atoms with van der Waals surface area (Å²) in [5.74, 6) is -2.06. The van der Waals surface area contributed by atoms with E-state index in [0.29, 0.717) is 17.5 Å². The van der Waals surface area contributed by atoms with Crippen LogP contribution in [0.4, 0.5) is 20.2 Å². The number of halogens is 2. The highest BCUT2D eigenvalue weighted by Gasteiger charge is 2.17. The predicted octanol–water partition coefficient (Wildman–Crippen LogP) is 3.96. The number of hydrogen-bond donors (Lipinski definition) is 2. The van der Waals surface area contributed by atoms with Gasteiger partial charge in [0.15, 0.2) is 11.6 Å². The fraction of sp³-hybridized carbons (Fsp3) is 0.0952. The molecule has 0 spiro atoms. The van der Waals surface area contributed by atoms with E-state index in [0.717, 1.165) is 17.7 Å². The summed E-state index contributed by atoms with van der Waals surface area (Å²) in [6.07, 6.45) is 0.106. The van der Waals surface area contributed by atoms with Crippen molar-refractivity contribution >= 4 is 27.3 Å². The zero-order valence-corrected chi connectivity index (χ0v) is 16.7. The molecule has 30 heavy (non-hydrogen) atoms. The van der Waals surface area contributed by atoms with Gasteiger partial charge in [0.05, 0.1) is 18.4 Å². The Hall–Kier alpha value is -3.46. The zero-order chi connectivity index (χ0) is 21.7. The van der Waals surface area contributed by atoms with Crippen LogP contribution in [0.2, 0.25) is 0 Å². The minimum Gasteiger partial charge on any atom is -0.496 e. The molecule has 0 bridgehead atoms. The summed E-state index contributed by atoms with van der Waals surface area (Å²) < 4.78 is 58.4. The number of nitrogens with one attached hydrogen (secondary N) is 2. The molecule has 9 heteroatoms. The lowest BCUT2D eigenvalue weighted by Gasteiger charge is -2.11. The highest BCUT2D eigenvalue weighted by Crippen LogP contribution is 2.21. The van der Waals surface area contributed by atoms with Crippen molar-refractivity contribution in [2.75, 3.05) is 17.1 Å². The van der Waals surface area contributed by atoms with Gasteiger partial charge in [-0.1, -0.05) is 18.2 Å². The molecule has 0 fully saturated rings. The van der Waals surface area contributed by atoms with Crippen molar-refractivity contribution < 1.29 is 26.7 Å². The van der Waals surface area contributed by atoms with Crippen molar-refractivity contribution in [2.45, 2.75) is 11.3 Å². The Kier molecular flexibility index (Phi) is 6.31. The van der Waals surface area contributed by atoms with Crippen LogP contribution in [0.15, 0.2) is 71.6 Å². The molecule has 3 aromatic rings. The van der Waals surface area contributed by atoms with E-state index in [2.05, 4.69) is 10.0 Å². The van der Waals surface area contributed by atoms with Crippen LogP contribution in [0, 0.1) is 11.6 Å². The molecule has 0 saturated carbocycles. The average Bonchev–Trinajstić information content (AvgIpc) is 2.71. The number of anilines is 2. The van der Waals surface area contributed by atoms with Gasteiger partial charge in [-0.25, -0.2) is 17.2 Å². The van der Waals surface area contributed by atoms with Crippen molar-refractivity contribution in [3.63, 3.8) is 0 Å². The smallest absolute Gasteiger partial charge is 0.261 e. The lowest BCUT2D eigenvalue weighted by molar-refractivity contribution is -0.115. The molecule has 0 radical (unpaired) electrons. The van der Waals surface area contributed by atoms with Gasteiger partial charge in [0, 0.05) is 16.9 Å². The van der Waals surface area contributed by atoms with Crippen LogP contribution in [0.3, 0.4) is 0 Å². The van der Waals surface area contributed by atoms with Crippen molar-refractivity contribution in [1.82, 2.24) is 0 Å². The number of carbonyl (C=O) groups is 1. The Morgan fingerprint density at radius 3 is 2.27 bits per heavy atom. The van der Waals surface area contributed by atoms with Crippen LogP contribution in [-0.4, -0.2) is 21.4 Å². The third-order valence-electron chi connectivity index (χ3n) is 4.17. The molecule has 6 nitrogen and oxygen atoms in total. The first-order chi connectivity index (χ1) is 14.3. The quantitative estimate of drug-likeness (QED) is 0.592. The van der Waals surface area contributed by atoms with E-state index in [4.69, 9.17) is 4.74 Å². The van der Waals surface area contributed by atoms with E-state index in [1.54, 1.807) is 24.3 Å². The molecule has 3 aromatic carbocycles. The third-order valence-corrected chi connectivity index (χ3v) is 5.54. The van der Waals surface area contributed by atoms with Crippen molar-refractivity contribution in [3.05, 3.63) is 83.9 Å². The Bertz CT molecular complexity index is 1170. The summed E-state index contributed by atoms with van der Waals surface area (Å²) in [6, 6.07) is 15.4. The van der Waals surface area contributed by atoms with E-state index >= 15 is 0 Å². The monoisotopic (exact) mass is 432 g/mol. The predicted molar refractivity (Wildman–Crippen MR) is 109 cm³/mol. The van der Waals surface area contributed by atoms with Crippen molar-refractivity contribution in [1.29, 1.82) is 0 Å². The summed E-state index contributed by atoms with van der Waals surface area (Å²) >= 11 is 0. The van der Waals surface area contributed by atoms with Gasteiger partial charge in [-0.3, -0.25) is 9.52 Å². The lowest BCUT2D eigenvalue weighted by atomic mass is 10.1. The van der Waals surface area contributed by atoms with E-state index in [-0.39, 0.29) is 18.0 Å². The molecule has 0 saturated heterocycles. The van der Waals surface area contributed by atoms with Gasteiger partial charge in [-0.05, 0) is 48.5 Å². The number of carbonyl (C=O) groups excluding carboxylic acids is 1. The Balaban J connectivity index is 1.66. The van der Waals surface area contributed by atoms with E-state index in [9.17, 15) is 22.0 Å². The van der Waals surface area contributed by atoms with E-state index in [1.165, 1.54) is 31.4 Å². The van der Waals surface area contributed by atoms with Gasteiger partial charge in [0.1, 0.15) is 5.75 Å². The number of hydrogen-bond acceptors (Lipinski definition) is 4. The maximum absolute atomic E-state index is 13.3. The van der Waals surface area contributed by atoms with Crippen LogP contribution in [0.5, 0.6) is 5.75 Å². The number of para-hydroxylation sites is 1. The van der Waals surface area contributed by atoms with Gasteiger partial charge in [0.25, 0.3) is 10.0 Å². The molecular weight excluding hydrogens is 414 g/mol. The molecular formula is C21H18F2N2O4S. The van der Waals surface area contributed by atoms with E-state index in [1.807, 2.05) is 0 Å². The molecule has 0 aliphatic carbocycles. The molecule has 0 atom stereocenters. The average molecular weight is 432 g/mol. The van der Waals surface area contributed by atoms with Crippen LogP contribution in [-0.2, 0) is 21.2 Å². The second-order valence-corrected chi connectivity index (χ2v) is 7.98. The van der Waals surface area contributed by atoms with Gasteiger partial charge in [-0.15, -0.1) is 0 Å². The van der Waals surface area contributed by atoms with Crippen molar-refractivity contribution in [3.8, 4) is 5.75 Å². The highest BCUT2D eigenvalue weighted by molar-refractivity contribution is 7.92. The second kappa shape index (κ2) is 8.91. The summed E-state index contributed by atoms with van der Waals surface area (Å²) in [5.41, 5.74) is 1.39. The number of ether oxygens (including phenoxy) is 1. The summed E-state index contributed by atoms with van der Waals surface area (Å²) in [5, 5.41) is 2.71. The van der Waals surface area contributed by atoms with Crippen LogP contribution < -0.4 is 14.8 Å². The molecule has 1 amide bonds. The van der Waals surface area contributed by atoms with Gasteiger partial charge >= 0.3 is 0 Å². The first kappa shape index (κ1) is 21.3. The topological polar surface area (TPSA) is 84.5 Å². The molecule has 0 aliphatic rings. The van der Waals surface area contributed by atoms with E-state index < -0.39 is 26.6 Å². The number of methoxy groups -OCH3 is 1. The minimum absolute atomic E-state index is 0.106. The zero-order valence-electron chi connectivity index (χ0n) is 15.9. The molecule has 156 valence electrons. The normalized spacial score (nSPS) is 11.0. The summed E-state index contributed by atoms with van der Waals surface area (Å²) in [6.45, 7) is 0. The standard InChI is InChI=1S/C21H18F2N2O4S/c1-29-20-5-3-2-4-14(20)12-21(26)24-15-6-8-16(9-7-15)25-30(27,28)17-10-11-18(22)19(23)13-17/h2-11,13,25H,12H2,1H3,(H,24,26). The molecule has 0 aliphatic heterocycles. The molecule has 2 N–H and O–H groups in total. The van der Waals surface area contributed by atoms with Gasteiger partial charge < -0.3 is 10.1 Å². The first-order valence-corrected chi connectivity index (χ1v) is 10.3. The Morgan fingerprint density at radius 1 is 0.933 bits per heavy atom. The molecule has 0 heterocycles. The summed E-state index contributed by atoms with van der Waals surface area (Å²) in [4.78, 5) is 11.9. The minimum atomic E-state index is -4.09. The number of amides is 1. The number of rotatable bonds is 7. The number of sulfonamides is 1. The van der Waals surface area contributed by atoms with Gasteiger partial charge in [-0.2, -0.15) is 0 Å². The Morgan fingerprint density at radius 2 is 1.60 bits per heavy atom. The largest absolute Gasteiger partial charge is 0.496 e. The lowest BCUT2D eigenvalue weighted by Crippen LogP contribution is -2.15. The Labute approximate surface area is 172 Å². The molecule has 0 aromatic heterocycles. The third kappa shape index (κ3) is 5.12. The van der Waals surface area contributed by atoms with Crippen LogP contribution in [0.25, 0.3) is 0 Å². The maximum atomic E-state index is 13.3. The first-order valence-electron chi connectivity index (χ1n) is 8.78. The maximum Gasteiger partial charge on any atom is 0.261 e. The number of benzene rings is 3. The van der Waals surface area contributed by atoms with Gasteiger partial charge in [0.2, 0.25) is 5.91 Å². The molecule has 3 rings (SSSR count). The second-order valence-electron chi connectivity index (χ2n) is 6.30. The fourth-order valence-electron chi connectivity index (χ4n) is 2.71. The van der Waals surface area contributed by atoms with Crippen LogP contribution >= 0.6 is 0 Å². The van der Waals surface area contributed by atoms with Crippen LogP contribution in [0.1, 0.15) is 5.56 Å². The molecule has 0 unspecified atom stereocenters. The fourth-order valence-corrected chi connectivity index (χ4v) is 3.78. The van der Waals surface area contributed by atoms with Crippen molar-refractivity contribution in [2.24, 2.45) is 0 Å². The summed E-state index contributed by atoms with van der Waals surface area (Å²) in [7, 11) is -2.57. The highest BCUT2D eigenvalue weighted by atomic mass is 32.2.